The molecule has 0 bridgehead atoms. The molecule has 2 aromatic rings. The lowest BCUT2D eigenvalue weighted by Gasteiger charge is -2.22. The predicted octanol–water partition coefficient (Wildman–Crippen LogP) is 3.13. The predicted molar refractivity (Wildman–Crippen MR) is 89.1 cm³/mol. The standard InChI is InChI=1S/C18H20N4O/c23-17-15-7-6-12(10-13(15)11-20-17)16-8-9-19-18(22-16)21-14-4-2-1-3-5-14/h6-10,14H,1-5,11H2,(H,20,23)(H,19,21,22). The number of nitrogens with zero attached hydrogens (tertiary/aromatic N) is 2. The second-order valence-corrected chi connectivity index (χ2v) is 6.30. The first-order chi connectivity index (χ1) is 11.3. The highest BCUT2D eigenvalue weighted by molar-refractivity contribution is 5.98. The Bertz CT molecular complexity index is 738. The molecule has 4 rings (SSSR count). The molecule has 5 heteroatoms. The molecule has 0 saturated heterocycles. The van der Waals surface area contributed by atoms with E-state index in [9.17, 15) is 4.79 Å². The van der Waals surface area contributed by atoms with Crippen molar-refractivity contribution in [3.63, 3.8) is 0 Å². The van der Waals surface area contributed by atoms with E-state index in [0.717, 1.165) is 22.4 Å². The van der Waals surface area contributed by atoms with Crippen LogP contribution < -0.4 is 10.6 Å². The van der Waals surface area contributed by atoms with Gasteiger partial charge in [0.25, 0.3) is 5.91 Å². The van der Waals surface area contributed by atoms with Crippen LogP contribution in [0.2, 0.25) is 0 Å². The van der Waals surface area contributed by atoms with Gasteiger partial charge in [0, 0.05) is 29.9 Å². The van der Waals surface area contributed by atoms with Gasteiger partial charge in [-0.25, -0.2) is 9.97 Å². The molecule has 0 radical (unpaired) electrons. The molecule has 23 heavy (non-hydrogen) atoms. The Labute approximate surface area is 135 Å². The first-order valence-electron chi connectivity index (χ1n) is 8.31. The molecule has 0 unspecified atom stereocenters. The molecular formula is C18H20N4O. The summed E-state index contributed by atoms with van der Waals surface area (Å²) in [5.74, 6) is 0.706. The maximum atomic E-state index is 11.6. The van der Waals surface area contributed by atoms with Gasteiger partial charge in [0.1, 0.15) is 0 Å². The van der Waals surface area contributed by atoms with Crippen molar-refractivity contribution in [2.45, 2.75) is 44.7 Å². The second kappa shape index (κ2) is 5.99. The first kappa shape index (κ1) is 14.2. The molecule has 2 aliphatic rings. The van der Waals surface area contributed by atoms with Gasteiger partial charge in [-0.2, -0.15) is 0 Å². The lowest BCUT2D eigenvalue weighted by Crippen LogP contribution is -2.23. The van der Waals surface area contributed by atoms with Crippen molar-refractivity contribution in [1.29, 1.82) is 0 Å². The van der Waals surface area contributed by atoms with E-state index in [1.54, 1.807) is 6.20 Å². The van der Waals surface area contributed by atoms with E-state index in [1.165, 1.54) is 32.1 Å². The lowest BCUT2D eigenvalue weighted by molar-refractivity contribution is 0.0966. The van der Waals surface area contributed by atoms with E-state index in [-0.39, 0.29) is 5.91 Å². The summed E-state index contributed by atoms with van der Waals surface area (Å²) >= 11 is 0. The average molecular weight is 308 g/mol. The second-order valence-electron chi connectivity index (χ2n) is 6.30. The summed E-state index contributed by atoms with van der Waals surface area (Å²) in [4.78, 5) is 20.7. The number of benzene rings is 1. The zero-order valence-corrected chi connectivity index (χ0v) is 13.0. The highest BCUT2D eigenvalue weighted by Crippen LogP contribution is 2.25. The van der Waals surface area contributed by atoms with Crippen LogP contribution in [-0.2, 0) is 6.54 Å². The fourth-order valence-corrected chi connectivity index (χ4v) is 3.41. The van der Waals surface area contributed by atoms with Gasteiger partial charge in [-0.05, 0) is 36.6 Å². The van der Waals surface area contributed by atoms with Crippen molar-refractivity contribution in [3.05, 3.63) is 41.6 Å². The third kappa shape index (κ3) is 2.91. The fraction of sp³-hybridized carbons (Fsp3) is 0.389. The van der Waals surface area contributed by atoms with Gasteiger partial charge in [-0.1, -0.05) is 25.3 Å². The van der Waals surface area contributed by atoms with Crippen molar-refractivity contribution in [3.8, 4) is 11.3 Å². The largest absolute Gasteiger partial charge is 0.351 e. The Morgan fingerprint density at radius 2 is 2.00 bits per heavy atom. The van der Waals surface area contributed by atoms with E-state index < -0.39 is 0 Å². The molecule has 5 nitrogen and oxygen atoms in total. The Hall–Kier alpha value is -2.43. The normalized spacial score (nSPS) is 17.7. The Morgan fingerprint density at radius 1 is 1.13 bits per heavy atom. The number of carbonyl (C=O) groups is 1. The summed E-state index contributed by atoms with van der Waals surface area (Å²) in [6, 6.07) is 8.28. The van der Waals surface area contributed by atoms with Crippen molar-refractivity contribution in [2.24, 2.45) is 0 Å². The van der Waals surface area contributed by atoms with Gasteiger partial charge < -0.3 is 10.6 Å². The number of carbonyl (C=O) groups excluding carboxylic acids is 1. The van der Waals surface area contributed by atoms with Crippen LogP contribution in [0.3, 0.4) is 0 Å². The van der Waals surface area contributed by atoms with Crippen LogP contribution in [0.5, 0.6) is 0 Å². The summed E-state index contributed by atoms with van der Waals surface area (Å²) < 4.78 is 0. The number of hydrogen-bond acceptors (Lipinski definition) is 4. The number of anilines is 1. The maximum absolute atomic E-state index is 11.6. The summed E-state index contributed by atoms with van der Waals surface area (Å²) in [7, 11) is 0. The Morgan fingerprint density at radius 3 is 2.87 bits per heavy atom. The highest BCUT2D eigenvalue weighted by Gasteiger charge is 2.19. The Kier molecular flexibility index (Phi) is 3.69. The van der Waals surface area contributed by atoms with Crippen molar-refractivity contribution in [1.82, 2.24) is 15.3 Å². The minimum atomic E-state index is 0.00823. The quantitative estimate of drug-likeness (QED) is 0.914. The van der Waals surface area contributed by atoms with Gasteiger partial charge in [-0.3, -0.25) is 4.79 Å². The number of aromatic nitrogens is 2. The summed E-state index contributed by atoms with van der Waals surface area (Å²) in [6.07, 6.45) is 8.08. The topological polar surface area (TPSA) is 66.9 Å². The van der Waals surface area contributed by atoms with E-state index >= 15 is 0 Å². The summed E-state index contributed by atoms with van der Waals surface area (Å²) in [6.45, 7) is 0.597. The Balaban J connectivity index is 1.57. The minimum Gasteiger partial charge on any atom is -0.351 e. The van der Waals surface area contributed by atoms with Crippen molar-refractivity contribution < 1.29 is 4.79 Å². The smallest absolute Gasteiger partial charge is 0.251 e. The molecule has 1 aliphatic carbocycles. The van der Waals surface area contributed by atoms with Crippen molar-refractivity contribution >= 4 is 11.9 Å². The molecule has 1 aromatic heterocycles. The van der Waals surface area contributed by atoms with E-state index in [4.69, 9.17) is 0 Å². The SMILES string of the molecule is O=C1NCc2cc(-c3ccnc(NC4CCCCC4)n3)ccc21. The van der Waals surface area contributed by atoms with Gasteiger partial charge in [-0.15, -0.1) is 0 Å². The molecule has 1 fully saturated rings. The molecular weight excluding hydrogens is 288 g/mol. The molecule has 0 atom stereocenters. The highest BCUT2D eigenvalue weighted by atomic mass is 16.1. The number of fused-ring (bicyclic) bond motifs is 1. The summed E-state index contributed by atoms with van der Waals surface area (Å²) in [5, 5.41) is 6.31. The first-order valence-corrected chi connectivity index (χ1v) is 8.31. The minimum absolute atomic E-state index is 0.00823. The third-order valence-electron chi connectivity index (χ3n) is 4.68. The van der Waals surface area contributed by atoms with Crippen LogP contribution in [0, 0.1) is 0 Å². The van der Waals surface area contributed by atoms with Crippen LogP contribution in [0.4, 0.5) is 5.95 Å². The maximum Gasteiger partial charge on any atom is 0.251 e. The summed E-state index contributed by atoms with van der Waals surface area (Å²) in [5.41, 5.74) is 3.71. The van der Waals surface area contributed by atoms with Gasteiger partial charge in [0.15, 0.2) is 0 Å². The number of rotatable bonds is 3. The molecule has 1 saturated carbocycles. The van der Waals surface area contributed by atoms with E-state index in [1.807, 2.05) is 24.3 Å². The van der Waals surface area contributed by atoms with Crippen LogP contribution in [0.25, 0.3) is 11.3 Å². The molecule has 2 N–H and O–H groups in total. The van der Waals surface area contributed by atoms with Crippen LogP contribution in [-0.4, -0.2) is 21.9 Å². The zero-order valence-electron chi connectivity index (χ0n) is 13.0. The molecule has 1 amide bonds. The van der Waals surface area contributed by atoms with E-state index in [2.05, 4.69) is 20.6 Å². The van der Waals surface area contributed by atoms with Crippen LogP contribution in [0.15, 0.2) is 30.5 Å². The number of hydrogen-bond donors (Lipinski definition) is 2. The zero-order chi connectivity index (χ0) is 15.6. The lowest BCUT2D eigenvalue weighted by atomic mass is 9.96. The van der Waals surface area contributed by atoms with Crippen LogP contribution in [0.1, 0.15) is 48.0 Å². The van der Waals surface area contributed by atoms with Gasteiger partial charge >= 0.3 is 0 Å². The van der Waals surface area contributed by atoms with E-state index in [0.29, 0.717) is 18.5 Å². The fourth-order valence-electron chi connectivity index (χ4n) is 3.41. The third-order valence-corrected chi connectivity index (χ3v) is 4.68. The number of nitrogens with one attached hydrogen (secondary N) is 2. The van der Waals surface area contributed by atoms with Crippen LogP contribution >= 0.6 is 0 Å². The molecule has 118 valence electrons. The molecule has 0 spiro atoms. The molecule has 1 aliphatic heterocycles. The number of amides is 1. The monoisotopic (exact) mass is 308 g/mol. The van der Waals surface area contributed by atoms with Gasteiger partial charge in [0.05, 0.1) is 5.69 Å². The molecule has 2 heterocycles. The molecule has 1 aromatic carbocycles. The van der Waals surface area contributed by atoms with Crippen molar-refractivity contribution in [2.75, 3.05) is 5.32 Å². The average Bonchev–Trinajstić information content (AvgIpc) is 2.97. The van der Waals surface area contributed by atoms with Gasteiger partial charge in [0.2, 0.25) is 5.95 Å².